The van der Waals surface area contributed by atoms with E-state index in [4.69, 9.17) is 5.73 Å². The molecule has 1 aromatic rings. The van der Waals surface area contributed by atoms with Crippen molar-refractivity contribution in [3.8, 4) is 0 Å². The Kier molecular flexibility index (Phi) is 3.95. The van der Waals surface area contributed by atoms with Crippen LogP contribution in [0.3, 0.4) is 0 Å². The molecule has 1 aromatic heterocycles. The second-order valence-corrected chi connectivity index (χ2v) is 6.49. The van der Waals surface area contributed by atoms with Gasteiger partial charge in [-0.3, -0.25) is 4.68 Å². The first-order valence-electron chi connectivity index (χ1n) is 6.96. The summed E-state index contributed by atoms with van der Waals surface area (Å²) >= 11 is 0. The zero-order valence-corrected chi connectivity index (χ0v) is 11.9. The number of hydrogen-bond donors (Lipinski definition) is 1. The third kappa shape index (κ3) is 3.48. The van der Waals surface area contributed by atoms with Crippen molar-refractivity contribution in [2.45, 2.75) is 40.2 Å². The highest BCUT2D eigenvalue weighted by Gasteiger charge is 2.28. The summed E-state index contributed by atoms with van der Waals surface area (Å²) in [5, 5.41) is 4.22. The van der Waals surface area contributed by atoms with E-state index in [-0.39, 0.29) is 0 Å². The Morgan fingerprint density at radius 1 is 1.28 bits per heavy atom. The van der Waals surface area contributed by atoms with Crippen LogP contribution in [0.15, 0.2) is 12.3 Å². The molecule has 1 aliphatic heterocycles. The van der Waals surface area contributed by atoms with E-state index in [0.717, 1.165) is 19.0 Å². The van der Waals surface area contributed by atoms with Crippen LogP contribution in [0.2, 0.25) is 0 Å². The lowest BCUT2D eigenvalue weighted by molar-refractivity contribution is 0.109. The van der Waals surface area contributed by atoms with Gasteiger partial charge < -0.3 is 10.6 Å². The lowest BCUT2D eigenvalue weighted by atomic mass is 9.75. The van der Waals surface area contributed by atoms with E-state index in [1.54, 1.807) is 0 Å². The Morgan fingerprint density at radius 3 is 2.44 bits per heavy atom. The van der Waals surface area contributed by atoms with Gasteiger partial charge in [-0.25, -0.2) is 0 Å². The summed E-state index contributed by atoms with van der Waals surface area (Å²) in [7, 11) is 0. The minimum absolute atomic E-state index is 0.461. The zero-order valence-electron chi connectivity index (χ0n) is 11.9. The summed E-state index contributed by atoms with van der Waals surface area (Å²) < 4.78 is 1.94. The Hall–Kier alpha value is -1.03. The van der Waals surface area contributed by atoms with Gasteiger partial charge in [0, 0.05) is 12.7 Å². The van der Waals surface area contributed by atoms with Gasteiger partial charge in [0.15, 0.2) is 0 Å². The van der Waals surface area contributed by atoms with Crippen LogP contribution in [-0.2, 0) is 6.54 Å². The highest BCUT2D eigenvalue weighted by Crippen LogP contribution is 2.34. The first-order chi connectivity index (χ1) is 8.45. The molecule has 0 atom stereocenters. The van der Waals surface area contributed by atoms with E-state index in [9.17, 15) is 0 Å². The molecule has 1 fully saturated rings. The SMILES string of the molecule is CC(C)(C)C1CCN(CCn2ccc(N)n2)CC1. The fraction of sp³-hybridized carbons (Fsp3) is 0.786. The second kappa shape index (κ2) is 5.31. The van der Waals surface area contributed by atoms with Crippen LogP contribution in [-0.4, -0.2) is 34.3 Å². The van der Waals surface area contributed by atoms with Gasteiger partial charge in [-0.1, -0.05) is 20.8 Å². The van der Waals surface area contributed by atoms with Gasteiger partial charge in [0.25, 0.3) is 0 Å². The first-order valence-corrected chi connectivity index (χ1v) is 6.96. The highest BCUT2D eigenvalue weighted by molar-refractivity contribution is 5.23. The third-order valence-corrected chi connectivity index (χ3v) is 4.12. The van der Waals surface area contributed by atoms with Gasteiger partial charge in [-0.05, 0) is 43.3 Å². The smallest absolute Gasteiger partial charge is 0.145 e. The van der Waals surface area contributed by atoms with Crippen molar-refractivity contribution in [3.63, 3.8) is 0 Å². The second-order valence-electron chi connectivity index (χ2n) is 6.49. The molecule has 0 unspecified atom stereocenters. The van der Waals surface area contributed by atoms with Gasteiger partial charge in [0.1, 0.15) is 5.82 Å². The van der Waals surface area contributed by atoms with Crippen LogP contribution in [0, 0.1) is 11.3 Å². The fourth-order valence-corrected chi connectivity index (χ4v) is 2.77. The normalized spacial score (nSPS) is 19.3. The van der Waals surface area contributed by atoms with Crippen LogP contribution in [0.1, 0.15) is 33.6 Å². The quantitative estimate of drug-likeness (QED) is 0.895. The molecule has 2 heterocycles. The summed E-state index contributed by atoms with van der Waals surface area (Å²) in [5.41, 5.74) is 6.07. The van der Waals surface area contributed by atoms with Crippen LogP contribution < -0.4 is 5.73 Å². The summed E-state index contributed by atoms with van der Waals surface area (Å²) in [6.07, 6.45) is 4.60. The molecule has 0 radical (unpaired) electrons. The number of likely N-dealkylation sites (tertiary alicyclic amines) is 1. The zero-order chi connectivity index (χ0) is 13.2. The van der Waals surface area contributed by atoms with Crippen LogP contribution >= 0.6 is 0 Å². The lowest BCUT2D eigenvalue weighted by Gasteiger charge is -2.38. The summed E-state index contributed by atoms with van der Waals surface area (Å²) in [6, 6.07) is 1.85. The van der Waals surface area contributed by atoms with Crippen molar-refractivity contribution < 1.29 is 0 Å². The van der Waals surface area contributed by atoms with E-state index < -0.39 is 0 Å². The molecule has 1 saturated heterocycles. The predicted molar refractivity (Wildman–Crippen MR) is 75.3 cm³/mol. The standard InChI is InChI=1S/C14H26N4/c1-14(2,3)12-4-7-17(8-5-12)10-11-18-9-6-13(15)16-18/h6,9,12H,4-5,7-8,10-11H2,1-3H3,(H2,15,16). The molecule has 0 aromatic carbocycles. The largest absolute Gasteiger partial charge is 0.382 e. The van der Waals surface area contributed by atoms with Crippen LogP contribution in [0.4, 0.5) is 5.82 Å². The third-order valence-electron chi connectivity index (χ3n) is 4.12. The van der Waals surface area contributed by atoms with E-state index >= 15 is 0 Å². The Bertz CT molecular complexity index is 369. The molecule has 0 saturated carbocycles. The average Bonchev–Trinajstić information content (AvgIpc) is 2.72. The number of aromatic nitrogens is 2. The van der Waals surface area contributed by atoms with Crippen LogP contribution in [0.25, 0.3) is 0 Å². The molecule has 0 bridgehead atoms. The molecule has 18 heavy (non-hydrogen) atoms. The molecule has 0 amide bonds. The maximum atomic E-state index is 5.61. The lowest BCUT2D eigenvalue weighted by Crippen LogP contribution is -2.39. The van der Waals surface area contributed by atoms with Gasteiger partial charge in [-0.2, -0.15) is 5.10 Å². The molecule has 4 heteroatoms. The van der Waals surface area contributed by atoms with Crippen molar-refractivity contribution in [1.82, 2.24) is 14.7 Å². The van der Waals surface area contributed by atoms with Gasteiger partial charge in [0.2, 0.25) is 0 Å². The summed E-state index contributed by atoms with van der Waals surface area (Å²) in [5.74, 6) is 1.48. The number of hydrogen-bond acceptors (Lipinski definition) is 3. The number of anilines is 1. The fourth-order valence-electron chi connectivity index (χ4n) is 2.77. The average molecular weight is 250 g/mol. The van der Waals surface area contributed by atoms with Crippen molar-refractivity contribution in [2.75, 3.05) is 25.4 Å². The molecule has 2 rings (SSSR count). The molecular formula is C14H26N4. The summed E-state index contributed by atoms with van der Waals surface area (Å²) in [6.45, 7) is 11.5. The molecule has 102 valence electrons. The highest BCUT2D eigenvalue weighted by atomic mass is 15.3. The number of piperidine rings is 1. The molecule has 1 aliphatic rings. The molecule has 4 nitrogen and oxygen atoms in total. The molecule has 0 aliphatic carbocycles. The number of nitrogen functional groups attached to an aromatic ring is 1. The van der Waals surface area contributed by atoms with Crippen molar-refractivity contribution in [3.05, 3.63) is 12.3 Å². The maximum absolute atomic E-state index is 5.61. The molecular weight excluding hydrogens is 224 g/mol. The Labute approximate surface area is 110 Å². The Morgan fingerprint density at radius 2 is 1.94 bits per heavy atom. The van der Waals surface area contributed by atoms with E-state index in [1.165, 1.54) is 25.9 Å². The van der Waals surface area contributed by atoms with Crippen molar-refractivity contribution in [2.24, 2.45) is 11.3 Å². The molecule has 0 spiro atoms. The first kappa shape index (κ1) is 13.4. The number of nitrogens with zero attached hydrogens (tertiary/aromatic N) is 3. The van der Waals surface area contributed by atoms with E-state index in [2.05, 4.69) is 30.8 Å². The van der Waals surface area contributed by atoms with E-state index in [1.807, 2.05) is 16.9 Å². The minimum Gasteiger partial charge on any atom is -0.382 e. The van der Waals surface area contributed by atoms with E-state index in [0.29, 0.717) is 11.2 Å². The summed E-state index contributed by atoms with van der Waals surface area (Å²) in [4.78, 5) is 2.54. The maximum Gasteiger partial charge on any atom is 0.145 e. The van der Waals surface area contributed by atoms with Crippen LogP contribution in [0.5, 0.6) is 0 Å². The van der Waals surface area contributed by atoms with Gasteiger partial charge in [0.05, 0.1) is 6.54 Å². The van der Waals surface area contributed by atoms with Gasteiger partial charge in [-0.15, -0.1) is 0 Å². The van der Waals surface area contributed by atoms with Crippen molar-refractivity contribution >= 4 is 5.82 Å². The molecule has 2 N–H and O–H groups in total. The predicted octanol–water partition coefficient (Wildman–Crippen LogP) is 2.22. The minimum atomic E-state index is 0.461. The monoisotopic (exact) mass is 250 g/mol. The number of nitrogens with two attached hydrogens (primary N) is 1. The van der Waals surface area contributed by atoms with Crippen molar-refractivity contribution in [1.29, 1.82) is 0 Å². The number of rotatable bonds is 3. The Balaban J connectivity index is 1.74. The van der Waals surface area contributed by atoms with Gasteiger partial charge >= 0.3 is 0 Å². The topological polar surface area (TPSA) is 47.1 Å².